The first kappa shape index (κ1) is 20.1. The molecular formula is C18H18N2O6S. The fourth-order valence-corrected chi connectivity index (χ4v) is 2.91. The third-order valence-electron chi connectivity index (χ3n) is 3.28. The highest BCUT2D eigenvalue weighted by Gasteiger charge is 2.13. The van der Waals surface area contributed by atoms with Gasteiger partial charge in [-0.25, -0.2) is 13.2 Å². The van der Waals surface area contributed by atoms with Gasteiger partial charge in [-0.15, -0.1) is 0 Å². The van der Waals surface area contributed by atoms with Gasteiger partial charge >= 0.3 is 5.97 Å². The van der Waals surface area contributed by atoms with Crippen LogP contribution < -0.4 is 10.9 Å². The maximum Gasteiger partial charge on any atom is 0.338 e. The minimum atomic E-state index is -3.24. The van der Waals surface area contributed by atoms with E-state index in [1.165, 1.54) is 18.2 Å². The van der Waals surface area contributed by atoms with Crippen LogP contribution in [-0.4, -0.2) is 39.1 Å². The van der Waals surface area contributed by atoms with Crippen LogP contribution in [0.4, 0.5) is 0 Å². The Kier molecular flexibility index (Phi) is 6.67. The summed E-state index contributed by atoms with van der Waals surface area (Å²) in [6, 6.07) is 14.2. The zero-order chi connectivity index (χ0) is 19.9. The summed E-state index contributed by atoms with van der Waals surface area (Å²) in [4.78, 5) is 35.5. The Morgan fingerprint density at radius 1 is 0.926 bits per heavy atom. The van der Waals surface area contributed by atoms with E-state index in [9.17, 15) is 22.8 Å². The topological polar surface area (TPSA) is 119 Å². The second-order valence-electron chi connectivity index (χ2n) is 5.71. The van der Waals surface area contributed by atoms with Gasteiger partial charge < -0.3 is 4.74 Å². The Hall–Kier alpha value is -3.20. The number of benzene rings is 2. The van der Waals surface area contributed by atoms with Crippen LogP contribution in [0.3, 0.4) is 0 Å². The molecule has 0 radical (unpaired) electrons. The summed E-state index contributed by atoms with van der Waals surface area (Å²) in [5.74, 6) is -2.22. The van der Waals surface area contributed by atoms with E-state index in [1.54, 1.807) is 36.4 Å². The number of nitrogens with one attached hydrogen (secondary N) is 2. The average molecular weight is 390 g/mol. The lowest BCUT2D eigenvalue weighted by Crippen LogP contribution is -2.43. The van der Waals surface area contributed by atoms with Crippen molar-refractivity contribution in [3.05, 3.63) is 71.3 Å². The maximum absolute atomic E-state index is 12.0. The highest BCUT2D eigenvalue weighted by molar-refractivity contribution is 7.89. The van der Waals surface area contributed by atoms with Gasteiger partial charge in [-0.1, -0.05) is 30.3 Å². The number of hydrogen-bond acceptors (Lipinski definition) is 6. The molecule has 9 heteroatoms. The Bertz CT molecular complexity index is 941. The Labute approximate surface area is 156 Å². The smallest absolute Gasteiger partial charge is 0.338 e. The number of carbonyl (C=O) groups is 3. The summed E-state index contributed by atoms with van der Waals surface area (Å²) in [5.41, 5.74) is 5.25. The monoisotopic (exact) mass is 390 g/mol. The molecule has 0 atom stereocenters. The van der Waals surface area contributed by atoms with Crippen molar-refractivity contribution in [2.24, 2.45) is 0 Å². The molecule has 0 saturated heterocycles. The highest BCUT2D eigenvalue weighted by Crippen LogP contribution is 2.10. The second-order valence-corrected chi connectivity index (χ2v) is 7.86. The third kappa shape index (κ3) is 6.90. The first-order valence-corrected chi connectivity index (χ1v) is 9.89. The number of hydrazine groups is 1. The van der Waals surface area contributed by atoms with Crippen LogP contribution >= 0.6 is 0 Å². The lowest BCUT2D eigenvalue weighted by Gasteiger charge is -2.08. The molecular weight excluding hydrogens is 372 g/mol. The normalized spacial score (nSPS) is 10.7. The van der Waals surface area contributed by atoms with Gasteiger partial charge in [0.15, 0.2) is 16.4 Å². The lowest BCUT2D eigenvalue weighted by atomic mass is 10.1. The van der Waals surface area contributed by atoms with Crippen LogP contribution in [0.15, 0.2) is 54.6 Å². The molecule has 8 nitrogen and oxygen atoms in total. The molecule has 2 N–H and O–H groups in total. The lowest BCUT2D eigenvalue weighted by molar-refractivity contribution is -0.125. The molecule has 0 aliphatic heterocycles. The summed E-state index contributed by atoms with van der Waals surface area (Å²) in [7, 11) is -3.24. The van der Waals surface area contributed by atoms with E-state index in [0.717, 1.165) is 6.26 Å². The van der Waals surface area contributed by atoms with Gasteiger partial charge in [-0.3, -0.25) is 20.4 Å². The molecule has 0 fully saturated rings. The van der Waals surface area contributed by atoms with E-state index < -0.39 is 34.2 Å². The van der Waals surface area contributed by atoms with Crippen LogP contribution in [0.2, 0.25) is 0 Å². The molecule has 2 aromatic rings. The number of hydrogen-bond donors (Lipinski definition) is 2. The summed E-state index contributed by atoms with van der Waals surface area (Å²) < 4.78 is 27.5. The molecule has 2 rings (SSSR count). The second kappa shape index (κ2) is 8.95. The van der Waals surface area contributed by atoms with E-state index in [1.807, 2.05) is 0 Å². The van der Waals surface area contributed by atoms with Crippen LogP contribution in [0.5, 0.6) is 0 Å². The number of rotatable bonds is 6. The summed E-state index contributed by atoms with van der Waals surface area (Å²) in [5, 5.41) is 0. The van der Waals surface area contributed by atoms with E-state index in [-0.39, 0.29) is 11.3 Å². The van der Waals surface area contributed by atoms with E-state index in [2.05, 4.69) is 10.9 Å². The van der Waals surface area contributed by atoms with Crippen molar-refractivity contribution < 1.29 is 27.5 Å². The van der Waals surface area contributed by atoms with Crippen molar-refractivity contribution in [1.82, 2.24) is 10.9 Å². The average Bonchev–Trinajstić information content (AvgIpc) is 2.63. The molecule has 0 saturated carbocycles. The van der Waals surface area contributed by atoms with Crippen molar-refractivity contribution in [1.29, 1.82) is 0 Å². The van der Waals surface area contributed by atoms with E-state index in [0.29, 0.717) is 11.1 Å². The van der Waals surface area contributed by atoms with E-state index in [4.69, 9.17) is 4.74 Å². The fraction of sp³-hybridized carbons (Fsp3) is 0.167. The summed E-state index contributed by atoms with van der Waals surface area (Å²) in [6.07, 6.45) is 1.09. The van der Waals surface area contributed by atoms with Crippen molar-refractivity contribution >= 4 is 27.6 Å². The van der Waals surface area contributed by atoms with E-state index >= 15 is 0 Å². The first-order valence-electron chi connectivity index (χ1n) is 7.82. The zero-order valence-electron chi connectivity index (χ0n) is 14.5. The minimum Gasteiger partial charge on any atom is -0.452 e. The number of carbonyl (C=O) groups excluding carboxylic acids is 3. The molecule has 0 aliphatic carbocycles. The minimum absolute atomic E-state index is 0.122. The molecule has 2 amide bonds. The van der Waals surface area contributed by atoms with Gasteiger partial charge in [-0.2, -0.15) is 0 Å². The van der Waals surface area contributed by atoms with Crippen LogP contribution in [0.1, 0.15) is 26.3 Å². The van der Waals surface area contributed by atoms with Gasteiger partial charge in [0.2, 0.25) is 0 Å². The number of ether oxygens (including phenoxy) is 1. The largest absolute Gasteiger partial charge is 0.452 e. The SMILES string of the molecule is CS(=O)(=O)Cc1cccc(C(=O)OCC(=O)NNC(=O)c2ccccc2)c1. The quantitative estimate of drug-likeness (QED) is 0.558. The standard InChI is InChI=1S/C18H18N2O6S/c1-27(24,25)12-13-6-5-9-15(10-13)18(23)26-11-16(21)19-20-17(22)14-7-3-2-4-8-14/h2-10H,11-12H2,1H3,(H,19,21)(H,20,22). The Morgan fingerprint density at radius 2 is 1.59 bits per heavy atom. The van der Waals surface area contributed by atoms with Gasteiger partial charge in [0.05, 0.1) is 11.3 Å². The van der Waals surface area contributed by atoms with Crippen LogP contribution in [0, 0.1) is 0 Å². The maximum atomic E-state index is 12.0. The number of amides is 2. The van der Waals surface area contributed by atoms with Crippen molar-refractivity contribution in [3.8, 4) is 0 Å². The van der Waals surface area contributed by atoms with Gasteiger partial charge in [-0.05, 0) is 29.8 Å². The highest BCUT2D eigenvalue weighted by atomic mass is 32.2. The molecule has 0 aliphatic rings. The molecule has 0 heterocycles. The van der Waals surface area contributed by atoms with Crippen molar-refractivity contribution in [2.45, 2.75) is 5.75 Å². The van der Waals surface area contributed by atoms with Gasteiger partial charge in [0.1, 0.15) is 0 Å². The van der Waals surface area contributed by atoms with Crippen molar-refractivity contribution in [3.63, 3.8) is 0 Å². The summed E-state index contributed by atoms with van der Waals surface area (Å²) in [6.45, 7) is -0.607. The molecule has 0 spiro atoms. The molecule has 0 aromatic heterocycles. The Morgan fingerprint density at radius 3 is 2.26 bits per heavy atom. The van der Waals surface area contributed by atoms with Crippen molar-refractivity contribution in [2.75, 3.05) is 12.9 Å². The molecule has 2 aromatic carbocycles. The Balaban J connectivity index is 1.83. The predicted molar refractivity (Wildman–Crippen MR) is 97.3 cm³/mol. The van der Waals surface area contributed by atoms with Crippen LogP contribution in [0.25, 0.3) is 0 Å². The predicted octanol–water partition coefficient (Wildman–Crippen LogP) is 0.849. The first-order chi connectivity index (χ1) is 12.7. The fourth-order valence-electron chi connectivity index (χ4n) is 2.13. The molecule has 0 unspecified atom stereocenters. The number of esters is 1. The molecule has 0 bridgehead atoms. The molecule has 27 heavy (non-hydrogen) atoms. The third-order valence-corrected chi connectivity index (χ3v) is 4.14. The molecule has 142 valence electrons. The zero-order valence-corrected chi connectivity index (χ0v) is 15.3. The van der Waals surface area contributed by atoms with Gasteiger partial charge in [0.25, 0.3) is 11.8 Å². The number of sulfone groups is 1. The van der Waals surface area contributed by atoms with Gasteiger partial charge in [0, 0.05) is 11.8 Å². The summed E-state index contributed by atoms with van der Waals surface area (Å²) >= 11 is 0. The van der Waals surface area contributed by atoms with Crippen LogP contribution in [-0.2, 0) is 25.1 Å².